The number of rotatable bonds is 2. The van der Waals surface area contributed by atoms with E-state index in [0.29, 0.717) is 16.9 Å². The highest BCUT2D eigenvalue weighted by molar-refractivity contribution is 6.03. The second kappa shape index (κ2) is 4.06. The maximum atomic E-state index is 11.7. The second-order valence-electron chi connectivity index (χ2n) is 3.42. The van der Waals surface area contributed by atoms with Crippen LogP contribution in [0, 0.1) is 6.92 Å². The van der Waals surface area contributed by atoms with E-state index in [1.807, 2.05) is 0 Å². The third-order valence-corrected chi connectivity index (χ3v) is 2.10. The average molecular weight is 217 g/mol. The summed E-state index contributed by atoms with van der Waals surface area (Å²) in [7, 11) is 0. The van der Waals surface area contributed by atoms with Gasteiger partial charge < -0.3 is 15.6 Å². The Kier molecular flexibility index (Phi) is 2.59. The first kappa shape index (κ1) is 10.2. The van der Waals surface area contributed by atoms with Crippen LogP contribution in [0.1, 0.15) is 16.1 Å². The predicted molar refractivity (Wildman–Crippen MR) is 60.0 cm³/mol. The van der Waals surface area contributed by atoms with Crippen LogP contribution < -0.4 is 11.1 Å². The molecule has 0 radical (unpaired) electrons. The van der Waals surface area contributed by atoms with E-state index in [9.17, 15) is 4.79 Å². The van der Waals surface area contributed by atoms with Crippen molar-refractivity contribution in [2.24, 2.45) is 0 Å². The van der Waals surface area contributed by atoms with Crippen molar-refractivity contribution in [3.05, 3.63) is 41.8 Å². The third-order valence-electron chi connectivity index (χ3n) is 2.10. The molecule has 16 heavy (non-hydrogen) atoms. The summed E-state index contributed by atoms with van der Waals surface area (Å²) < 4.78 is 4.84. The Balaban J connectivity index is 2.17. The molecule has 0 spiro atoms. The van der Waals surface area contributed by atoms with Gasteiger partial charge in [0.25, 0.3) is 5.91 Å². The van der Waals surface area contributed by atoms with Gasteiger partial charge in [-0.25, -0.2) is 0 Å². The number of carbonyl (C=O) groups excluding carboxylic acids is 1. The average Bonchev–Trinajstić information content (AvgIpc) is 2.64. The molecular formula is C11H11N3O2. The molecule has 2 aromatic rings. The lowest BCUT2D eigenvalue weighted by molar-refractivity contribution is 0.0987. The highest BCUT2D eigenvalue weighted by Crippen LogP contribution is 2.14. The highest BCUT2D eigenvalue weighted by atomic mass is 16.5. The Morgan fingerprint density at radius 1 is 1.50 bits per heavy atom. The molecule has 1 aromatic carbocycles. The summed E-state index contributed by atoms with van der Waals surface area (Å²) in [6, 6.07) is 6.93. The Hall–Kier alpha value is -2.30. The Morgan fingerprint density at radius 2 is 2.31 bits per heavy atom. The number of nitrogens with two attached hydrogens (primary N) is 1. The minimum Gasteiger partial charge on any atom is -0.399 e. The molecule has 0 aliphatic rings. The van der Waals surface area contributed by atoms with Crippen molar-refractivity contribution in [1.29, 1.82) is 0 Å². The number of hydrogen-bond acceptors (Lipinski definition) is 4. The summed E-state index contributed by atoms with van der Waals surface area (Å²) in [6.45, 7) is 1.75. The molecule has 0 bridgehead atoms. The molecule has 1 aromatic heterocycles. The van der Waals surface area contributed by atoms with Crippen molar-refractivity contribution < 1.29 is 9.32 Å². The Morgan fingerprint density at radius 3 is 2.94 bits per heavy atom. The standard InChI is InChI=1S/C11H11N3O2/c1-7-6-13-16-10(7)11(15)14-9-4-2-3-8(12)5-9/h2-6H,12H2,1H3,(H,14,15). The van der Waals surface area contributed by atoms with Crippen molar-refractivity contribution in [1.82, 2.24) is 5.16 Å². The summed E-state index contributed by atoms with van der Waals surface area (Å²) in [5.41, 5.74) is 7.51. The summed E-state index contributed by atoms with van der Waals surface area (Å²) >= 11 is 0. The van der Waals surface area contributed by atoms with Gasteiger partial charge in [-0.15, -0.1) is 0 Å². The molecule has 0 fully saturated rings. The Bertz CT molecular complexity index is 519. The van der Waals surface area contributed by atoms with Crippen LogP contribution in [0.3, 0.4) is 0 Å². The molecule has 1 heterocycles. The minimum atomic E-state index is -0.333. The third kappa shape index (κ3) is 2.03. The summed E-state index contributed by atoms with van der Waals surface area (Å²) in [5.74, 6) is -0.122. The fraction of sp³-hybridized carbons (Fsp3) is 0.0909. The van der Waals surface area contributed by atoms with Gasteiger partial charge in [-0.2, -0.15) is 0 Å². The topological polar surface area (TPSA) is 81.2 Å². The summed E-state index contributed by atoms with van der Waals surface area (Å²) in [5, 5.41) is 6.21. The number of amides is 1. The van der Waals surface area contributed by atoms with Crippen molar-refractivity contribution in [2.45, 2.75) is 6.92 Å². The highest BCUT2D eigenvalue weighted by Gasteiger charge is 2.13. The van der Waals surface area contributed by atoms with Crippen LogP contribution in [0.2, 0.25) is 0 Å². The smallest absolute Gasteiger partial charge is 0.294 e. The van der Waals surface area contributed by atoms with Crippen molar-refractivity contribution in [3.63, 3.8) is 0 Å². The zero-order valence-corrected chi connectivity index (χ0v) is 8.73. The first-order chi connectivity index (χ1) is 7.66. The number of nitrogen functional groups attached to an aromatic ring is 1. The number of nitrogens with one attached hydrogen (secondary N) is 1. The first-order valence-corrected chi connectivity index (χ1v) is 4.75. The zero-order valence-electron chi connectivity index (χ0n) is 8.73. The van der Waals surface area contributed by atoms with Crippen LogP contribution in [0.4, 0.5) is 11.4 Å². The van der Waals surface area contributed by atoms with Gasteiger partial charge in [-0.1, -0.05) is 11.2 Å². The largest absolute Gasteiger partial charge is 0.399 e. The molecule has 0 unspecified atom stereocenters. The van der Waals surface area contributed by atoms with Crippen LogP contribution in [0.25, 0.3) is 0 Å². The van der Waals surface area contributed by atoms with E-state index in [4.69, 9.17) is 10.3 Å². The SMILES string of the molecule is Cc1cnoc1C(=O)Nc1cccc(N)c1. The van der Waals surface area contributed by atoms with Gasteiger partial charge in [0.2, 0.25) is 5.76 Å². The van der Waals surface area contributed by atoms with E-state index in [0.717, 1.165) is 0 Å². The van der Waals surface area contributed by atoms with Gasteiger partial charge in [-0.05, 0) is 25.1 Å². The molecule has 3 N–H and O–H groups in total. The lowest BCUT2D eigenvalue weighted by Crippen LogP contribution is -2.12. The number of benzene rings is 1. The van der Waals surface area contributed by atoms with Crippen LogP contribution in [0.15, 0.2) is 35.0 Å². The predicted octanol–water partition coefficient (Wildman–Crippen LogP) is 1.82. The van der Waals surface area contributed by atoms with Crippen LogP contribution in [-0.2, 0) is 0 Å². The molecule has 0 saturated heterocycles. The number of anilines is 2. The van der Waals surface area contributed by atoms with Crippen LogP contribution in [-0.4, -0.2) is 11.1 Å². The van der Waals surface area contributed by atoms with Gasteiger partial charge in [0.1, 0.15) is 0 Å². The fourth-order valence-corrected chi connectivity index (χ4v) is 1.31. The first-order valence-electron chi connectivity index (χ1n) is 4.75. The molecule has 0 saturated carbocycles. The molecule has 2 rings (SSSR count). The maximum Gasteiger partial charge on any atom is 0.294 e. The molecule has 1 amide bonds. The van der Waals surface area contributed by atoms with Gasteiger partial charge >= 0.3 is 0 Å². The molecule has 0 aliphatic heterocycles. The lowest BCUT2D eigenvalue weighted by atomic mass is 10.2. The van der Waals surface area contributed by atoms with Crippen molar-refractivity contribution in [3.8, 4) is 0 Å². The van der Waals surface area contributed by atoms with E-state index >= 15 is 0 Å². The molecule has 0 atom stereocenters. The Labute approximate surface area is 92.2 Å². The van der Waals surface area contributed by atoms with E-state index in [2.05, 4.69) is 10.5 Å². The molecule has 5 nitrogen and oxygen atoms in total. The zero-order chi connectivity index (χ0) is 11.5. The number of aromatic nitrogens is 1. The van der Waals surface area contributed by atoms with Crippen LogP contribution in [0.5, 0.6) is 0 Å². The number of carbonyl (C=O) groups is 1. The van der Waals surface area contributed by atoms with Crippen LogP contribution >= 0.6 is 0 Å². The number of nitrogens with zero attached hydrogens (tertiary/aromatic N) is 1. The van der Waals surface area contributed by atoms with E-state index in [1.165, 1.54) is 6.20 Å². The maximum absolute atomic E-state index is 11.7. The van der Waals surface area contributed by atoms with Crippen molar-refractivity contribution >= 4 is 17.3 Å². The van der Waals surface area contributed by atoms with E-state index in [-0.39, 0.29) is 11.7 Å². The number of hydrogen-bond donors (Lipinski definition) is 2. The summed E-state index contributed by atoms with van der Waals surface area (Å²) in [4.78, 5) is 11.7. The van der Waals surface area contributed by atoms with Crippen molar-refractivity contribution in [2.75, 3.05) is 11.1 Å². The normalized spacial score (nSPS) is 10.1. The molecule has 5 heteroatoms. The van der Waals surface area contributed by atoms with E-state index in [1.54, 1.807) is 31.2 Å². The van der Waals surface area contributed by atoms with Gasteiger partial charge in [0.05, 0.1) is 6.20 Å². The van der Waals surface area contributed by atoms with E-state index < -0.39 is 0 Å². The van der Waals surface area contributed by atoms with Gasteiger partial charge in [-0.3, -0.25) is 4.79 Å². The summed E-state index contributed by atoms with van der Waals surface area (Å²) in [6.07, 6.45) is 1.49. The molecule has 82 valence electrons. The van der Waals surface area contributed by atoms with Gasteiger partial charge in [0.15, 0.2) is 0 Å². The lowest BCUT2D eigenvalue weighted by Gasteiger charge is -2.03. The second-order valence-corrected chi connectivity index (χ2v) is 3.42. The quantitative estimate of drug-likeness (QED) is 0.752. The molecule has 0 aliphatic carbocycles. The van der Waals surface area contributed by atoms with Gasteiger partial charge in [0, 0.05) is 16.9 Å². The minimum absolute atomic E-state index is 0.211. The monoisotopic (exact) mass is 217 g/mol. The number of aryl methyl sites for hydroxylation is 1. The fourth-order valence-electron chi connectivity index (χ4n) is 1.31. The molecular weight excluding hydrogens is 206 g/mol.